The number of aromatic amines is 1. The van der Waals surface area contributed by atoms with E-state index in [1.54, 1.807) is 25.1 Å². The van der Waals surface area contributed by atoms with Crippen LogP contribution in [-0.2, 0) is 14.9 Å². The molecule has 3 rings (SSSR count). The van der Waals surface area contributed by atoms with Gasteiger partial charge in [0.15, 0.2) is 0 Å². The van der Waals surface area contributed by atoms with Gasteiger partial charge in [0.1, 0.15) is 5.69 Å². The minimum atomic E-state index is -0.394. The van der Waals surface area contributed by atoms with Crippen molar-refractivity contribution in [3.63, 3.8) is 0 Å². The number of hydrogen-bond donors (Lipinski definition) is 2. The third-order valence-corrected chi connectivity index (χ3v) is 4.59. The topological polar surface area (TPSA) is 71.2 Å². The van der Waals surface area contributed by atoms with Gasteiger partial charge in [0.25, 0.3) is 0 Å². The molecule has 150 valence electrons. The summed E-state index contributed by atoms with van der Waals surface area (Å²) in [6.07, 6.45) is 3.30. The van der Waals surface area contributed by atoms with E-state index in [0.717, 1.165) is 16.5 Å². The molecule has 2 N–H and O–H groups in total. The van der Waals surface area contributed by atoms with E-state index in [1.807, 2.05) is 24.3 Å². The maximum Gasteiger partial charge on any atom is 0.354 e. The highest BCUT2D eigenvalue weighted by Crippen LogP contribution is 2.23. The first kappa shape index (κ1) is 20.4. The van der Waals surface area contributed by atoms with Gasteiger partial charge >= 0.3 is 5.97 Å². The number of esters is 1. The summed E-state index contributed by atoms with van der Waals surface area (Å²) in [7, 11) is 0. The lowest BCUT2D eigenvalue weighted by Gasteiger charge is -2.18. The lowest BCUT2D eigenvalue weighted by Crippen LogP contribution is -2.10. The van der Waals surface area contributed by atoms with Crippen molar-refractivity contribution in [2.24, 2.45) is 0 Å². The number of carbonyl (C=O) groups excluding carboxylic acids is 2. The molecular weight excluding hydrogens is 364 g/mol. The van der Waals surface area contributed by atoms with Gasteiger partial charge in [-0.05, 0) is 53.8 Å². The van der Waals surface area contributed by atoms with E-state index in [2.05, 4.69) is 43.2 Å². The number of ether oxygens (including phenoxy) is 1. The minimum absolute atomic E-state index is 0.101. The molecule has 0 saturated heterocycles. The van der Waals surface area contributed by atoms with Gasteiger partial charge in [-0.25, -0.2) is 4.79 Å². The second-order valence-corrected chi connectivity index (χ2v) is 7.90. The quantitative estimate of drug-likeness (QED) is 0.459. The highest BCUT2D eigenvalue weighted by Gasteiger charge is 2.13. The summed E-state index contributed by atoms with van der Waals surface area (Å²) >= 11 is 0. The van der Waals surface area contributed by atoms with Gasteiger partial charge in [-0.3, -0.25) is 4.79 Å². The van der Waals surface area contributed by atoms with E-state index in [1.165, 1.54) is 11.6 Å². The SMILES string of the molecule is CCOC(=O)c1cc2cc(NC(=O)/C=C/c3ccc(C(C)(C)C)cc3)ccc2[nH]1. The van der Waals surface area contributed by atoms with Crippen LogP contribution in [0.15, 0.2) is 54.6 Å². The van der Waals surface area contributed by atoms with Crippen molar-refractivity contribution in [1.82, 2.24) is 4.98 Å². The summed E-state index contributed by atoms with van der Waals surface area (Å²) < 4.78 is 5.00. The number of hydrogen-bond acceptors (Lipinski definition) is 3. The maximum absolute atomic E-state index is 12.3. The van der Waals surface area contributed by atoms with E-state index in [4.69, 9.17) is 4.74 Å². The van der Waals surface area contributed by atoms with Crippen molar-refractivity contribution in [2.75, 3.05) is 11.9 Å². The largest absolute Gasteiger partial charge is 0.461 e. The summed E-state index contributed by atoms with van der Waals surface area (Å²) in [6, 6.07) is 15.3. The Labute approximate surface area is 170 Å². The molecule has 0 saturated carbocycles. The number of H-pyrrole nitrogens is 1. The van der Waals surface area contributed by atoms with Crippen molar-refractivity contribution < 1.29 is 14.3 Å². The fourth-order valence-electron chi connectivity index (χ4n) is 2.98. The van der Waals surface area contributed by atoms with Gasteiger partial charge < -0.3 is 15.0 Å². The fourth-order valence-corrected chi connectivity index (χ4v) is 2.98. The number of nitrogens with one attached hydrogen (secondary N) is 2. The van der Waals surface area contributed by atoms with Crippen LogP contribution in [0.4, 0.5) is 5.69 Å². The van der Waals surface area contributed by atoms with Gasteiger partial charge in [-0.2, -0.15) is 0 Å². The fraction of sp³-hybridized carbons (Fsp3) is 0.250. The van der Waals surface area contributed by atoms with Crippen LogP contribution in [0.5, 0.6) is 0 Å². The number of carbonyl (C=O) groups is 2. The molecule has 0 bridgehead atoms. The smallest absolute Gasteiger partial charge is 0.354 e. The van der Waals surface area contributed by atoms with Gasteiger partial charge in [0.2, 0.25) is 5.91 Å². The average Bonchev–Trinajstić information content (AvgIpc) is 3.10. The van der Waals surface area contributed by atoms with E-state index in [0.29, 0.717) is 18.0 Å². The van der Waals surface area contributed by atoms with Crippen molar-refractivity contribution in [2.45, 2.75) is 33.1 Å². The minimum Gasteiger partial charge on any atom is -0.461 e. The van der Waals surface area contributed by atoms with Crippen LogP contribution < -0.4 is 5.32 Å². The van der Waals surface area contributed by atoms with E-state index < -0.39 is 5.97 Å². The zero-order valence-electron chi connectivity index (χ0n) is 17.2. The van der Waals surface area contributed by atoms with Gasteiger partial charge in [-0.1, -0.05) is 45.0 Å². The Balaban J connectivity index is 1.67. The molecule has 5 nitrogen and oxygen atoms in total. The monoisotopic (exact) mass is 390 g/mol. The number of amides is 1. The predicted molar refractivity (Wildman–Crippen MR) is 117 cm³/mol. The van der Waals surface area contributed by atoms with E-state index in [-0.39, 0.29) is 11.3 Å². The third kappa shape index (κ3) is 5.13. The summed E-state index contributed by atoms with van der Waals surface area (Å²) in [6.45, 7) is 8.59. The molecule has 1 heterocycles. The summed E-state index contributed by atoms with van der Waals surface area (Å²) in [5.74, 6) is -0.611. The Morgan fingerprint density at radius 3 is 2.45 bits per heavy atom. The average molecular weight is 390 g/mol. The van der Waals surface area contributed by atoms with Gasteiger partial charge in [0.05, 0.1) is 6.61 Å². The van der Waals surface area contributed by atoms with Crippen molar-refractivity contribution in [1.29, 1.82) is 0 Å². The van der Waals surface area contributed by atoms with E-state index >= 15 is 0 Å². The maximum atomic E-state index is 12.3. The first-order valence-electron chi connectivity index (χ1n) is 9.66. The molecule has 3 aromatic rings. The van der Waals surface area contributed by atoms with Crippen molar-refractivity contribution >= 4 is 34.5 Å². The van der Waals surface area contributed by atoms with Crippen molar-refractivity contribution in [3.05, 3.63) is 71.4 Å². The number of benzene rings is 2. The molecule has 2 aromatic carbocycles. The lowest BCUT2D eigenvalue weighted by molar-refractivity contribution is -0.111. The molecule has 29 heavy (non-hydrogen) atoms. The van der Waals surface area contributed by atoms with Crippen LogP contribution in [0.2, 0.25) is 0 Å². The van der Waals surface area contributed by atoms with Crippen LogP contribution >= 0.6 is 0 Å². The Morgan fingerprint density at radius 2 is 1.79 bits per heavy atom. The van der Waals surface area contributed by atoms with Crippen molar-refractivity contribution in [3.8, 4) is 0 Å². The Morgan fingerprint density at radius 1 is 1.07 bits per heavy atom. The molecule has 0 aliphatic carbocycles. The van der Waals surface area contributed by atoms with Gasteiger partial charge in [0, 0.05) is 22.7 Å². The highest BCUT2D eigenvalue weighted by molar-refractivity contribution is 6.03. The molecule has 0 fully saturated rings. The Hall–Kier alpha value is -3.34. The zero-order chi connectivity index (χ0) is 21.0. The molecule has 1 amide bonds. The van der Waals surface area contributed by atoms with Crippen LogP contribution in [0.25, 0.3) is 17.0 Å². The van der Waals surface area contributed by atoms with E-state index in [9.17, 15) is 9.59 Å². The Kier molecular flexibility index (Phi) is 5.87. The second-order valence-electron chi connectivity index (χ2n) is 7.90. The number of rotatable bonds is 5. The van der Waals surface area contributed by atoms with Crippen LogP contribution in [0.3, 0.4) is 0 Å². The van der Waals surface area contributed by atoms with Crippen LogP contribution in [0, 0.1) is 0 Å². The molecule has 0 aliphatic heterocycles. The Bertz CT molecular complexity index is 1050. The third-order valence-electron chi connectivity index (χ3n) is 4.59. The molecular formula is C24H26N2O3. The molecule has 0 atom stereocenters. The molecule has 1 aromatic heterocycles. The summed E-state index contributed by atoms with van der Waals surface area (Å²) in [5, 5.41) is 3.67. The predicted octanol–water partition coefficient (Wildman–Crippen LogP) is 5.29. The normalized spacial score (nSPS) is 11.7. The highest BCUT2D eigenvalue weighted by atomic mass is 16.5. The number of anilines is 1. The molecule has 5 heteroatoms. The molecule has 0 unspecified atom stereocenters. The van der Waals surface area contributed by atoms with Crippen LogP contribution in [0.1, 0.15) is 49.3 Å². The first-order valence-corrected chi connectivity index (χ1v) is 9.66. The van der Waals surface area contributed by atoms with Crippen LogP contribution in [-0.4, -0.2) is 23.5 Å². The lowest BCUT2D eigenvalue weighted by atomic mass is 9.87. The second kappa shape index (κ2) is 8.35. The molecule has 0 radical (unpaired) electrons. The first-order chi connectivity index (χ1) is 13.8. The van der Waals surface area contributed by atoms with Gasteiger partial charge in [-0.15, -0.1) is 0 Å². The summed E-state index contributed by atoms with van der Waals surface area (Å²) in [4.78, 5) is 27.1. The zero-order valence-corrected chi connectivity index (χ0v) is 17.2. The standard InChI is InChI=1S/C24H26N2O3/c1-5-29-23(28)21-15-17-14-19(11-12-20(17)26-21)25-22(27)13-8-16-6-9-18(10-7-16)24(2,3)4/h6-15,26H,5H2,1-4H3,(H,25,27)/b13-8+. The number of aromatic nitrogens is 1. The molecule has 0 spiro atoms. The molecule has 0 aliphatic rings. The number of fused-ring (bicyclic) bond motifs is 1. The summed E-state index contributed by atoms with van der Waals surface area (Å²) in [5.41, 5.74) is 4.17.